The van der Waals surface area contributed by atoms with Gasteiger partial charge in [-0.15, -0.1) is 0 Å². The molecule has 0 unspecified atom stereocenters. The lowest BCUT2D eigenvalue weighted by Crippen LogP contribution is -2.12. The molecule has 1 aromatic heterocycles. The predicted octanol–water partition coefficient (Wildman–Crippen LogP) is 5.90. The summed E-state index contributed by atoms with van der Waals surface area (Å²) in [6.07, 6.45) is -2.69. The number of alkyl halides is 2. The van der Waals surface area contributed by atoms with Crippen LogP contribution in [0.15, 0.2) is 82.6 Å². The zero-order valence-electron chi connectivity index (χ0n) is 14.5. The smallest absolute Gasteiger partial charge is 0.295 e. The number of aromatic amines is 1. The topological polar surface area (TPSA) is 57.8 Å². The van der Waals surface area contributed by atoms with Gasteiger partial charge in [-0.3, -0.25) is 4.79 Å². The van der Waals surface area contributed by atoms with E-state index >= 15 is 0 Å². The van der Waals surface area contributed by atoms with Gasteiger partial charge in [0.25, 0.3) is 12.3 Å². The van der Waals surface area contributed by atoms with E-state index in [9.17, 15) is 13.6 Å². The number of benzene rings is 3. The number of anilines is 1. The Morgan fingerprint density at radius 3 is 2.54 bits per heavy atom. The van der Waals surface area contributed by atoms with E-state index in [0.29, 0.717) is 22.3 Å². The first-order valence-corrected chi connectivity index (χ1v) is 9.33. The SMILES string of the molecule is O=C(Nc1ccccc1Sc1ccccc1)c1ccc2nc(C(F)F)[nH]c2c1. The molecule has 7 heteroatoms. The van der Waals surface area contributed by atoms with E-state index < -0.39 is 12.2 Å². The molecule has 4 rings (SSSR count). The molecule has 0 radical (unpaired) electrons. The Balaban J connectivity index is 1.58. The number of hydrogen-bond acceptors (Lipinski definition) is 3. The number of carbonyl (C=O) groups excluding carboxylic acids is 1. The number of carbonyl (C=O) groups is 1. The van der Waals surface area contributed by atoms with Crippen molar-refractivity contribution in [3.8, 4) is 0 Å². The van der Waals surface area contributed by atoms with Crippen molar-refractivity contribution in [2.45, 2.75) is 16.2 Å². The highest BCUT2D eigenvalue weighted by Gasteiger charge is 2.15. The Hall–Kier alpha value is -3.19. The van der Waals surface area contributed by atoms with Crippen LogP contribution in [0.4, 0.5) is 14.5 Å². The summed E-state index contributed by atoms with van der Waals surface area (Å²) in [5.74, 6) is -0.728. The molecule has 1 heterocycles. The van der Waals surface area contributed by atoms with Crippen molar-refractivity contribution < 1.29 is 13.6 Å². The van der Waals surface area contributed by atoms with E-state index in [1.54, 1.807) is 23.9 Å². The minimum absolute atomic E-state index is 0.323. The third kappa shape index (κ3) is 3.89. The third-order valence-electron chi connectivity index (χ3n) is 4.08. The molecule has 0 saturated carbocycles. The average Bonchev–Trinajstić information content (AvgIpc) is 3.14. The largest absolute Gasteiger partial charge is 0.337 e. The number of para-hydroxylation sites is 1. The van der Waals surface area contributed by atoms with E-state index in [4.69, 9.17) is 0 Å². The van der Waals surface area contributed by atoms with Crippen LogP contribution in [0, 0.1) is 0 Å². The van der Waals surface area contributed by atoms with Gasteiger partial charge in [-0.05, 0) is 42.5 Å². The van der Waals surface area contributed by atoms with Crippen molar-refractivity contribution in [3.63, 3.8) is 0 Å². The van der Waals surface area contributed by atoms with Gasteiger partial charge in [0.05, 0.1) is 16.7 Å². The number of aromatic nitrogens is 2. The lowest BCUT2D eigenvalue weighted by Gasteiger charge is -2.11. The van der Waals surface area contributed by atoms with Crippen LogP contribution < -0.4 is 5.32 Å². The molecule has 0 atom stereocenters. The van der Waals surface area contributed by atoms with Gasteiger partial charge in [0.1, 0.15) is 0 Å². The Labute approximate surface area is 164 Å². The molecule has 0 spiro atoms. The molecule has 2 N–H and O–H groups in total. The first-order valence-electron chi connectivity index (χ1n) is 8.51. The fraction of sp³-hybridized carbons (Fsp3) is 0.0476. The van der Waals surface area contributed by atoms with Crippen LogP contribution in [0.1, 0.15) is 22.6 Å². The highest BCUT2D eigenvalue weighted by Crippen LogP contribution is 2.33. The number of imidazole rings is 1. The third-order valence-corrected chi connectivity index (χ3v) is 5.16. The standard InChI is InChI=1S/C21H15F2N3OS/c22-19(23)20-24-15-11-10-13(12-17(15)25-20)21(27)26-16-8-4-5-9-18(16)28-14-6-2-1-3-7-14/h1-12,19H,(H,24,25)(H,26,27). The molecule has 3 aromatic carbocycles. The van der Waals surface area contributed by atoms with Gasteiger partial charge >= 0.3 is 0 Å². The second-order valence-corrected chi connectivity index (χ2v) is 7.14. The van der Waals surface area contributed by atoms with Crippen molar-refractivity contribution in [3.05, 3.63) is 84.2 Å². The molecule has 4 nitrogen and oxygen atoms in total. The van der Waals surface area contributed by atoms with Gasteiger partial charge in [0.15, 0.2) is 5.82 Å². The molecule has 140 valence electrons. The molecule has 0 aliphatic rings. The van der Waals surface area contributed by atoms with Crippen LogP contribution >= 0.6 is 11.8 Å². The van der Waals surface area contributed by atoms with Crippen LogP contribution in [0.2, 0.25) is 0 Å². The van der Waals surface area contributed by atoms with E-state index in [2.05, 4.69) is 15.3 Å². The van der Waals surface area contributed by atoms with Gasteiger partial charge in [-0.1, -0.05) is 42.1 Å². The Morgan fingerprint density at radius 2 is 1.75 bits per heavy atom. The monoisotopic (exact) mass is 395 g/mol. The number of halogens is 2. The lowest BCUT2D eigenvalue weighted by atomic mass is 10.2. The number of rotatable bonds is 5. The van der Waals surface area contributed by atoms with Gasteiger partial charge in [0, 0.05) is 15.4 Å². The van der Waals surface area contributed by atoms with Gasteiger partial charge in [-0.25, -0.2) is 13.8 Å². The molecule has 0 aliphatic heterocycles. The summed E-state index contributed by atoms with van der Waals surface area (Å²) < 4.78 is 25.6. The van der Waals surface area contributed by atoms with Gasteiger partial charge in [0.2, 0.25) is 0 Å². The number of H-pyrrole nitrogens is 1. The summed E-state index contributed by atoms with van der Waals surface area (Å²) in [6, 6.07) is 22.0. The van der Waals surface area contributed by atoms with Crippen molar-refractivity contribution in [1.82, 2.24) is 9.97 Å². The predicted molar refractivity (Wildman–Crippen MR) is 106 cm³/mol. The summed E-state index contributed by atoms with van der Waals surface area (Å²) in [7, 11) is 0. The number of fused-ring (bicyclic) bond motifs is 1. The summed E-state index contributed by atoms with van der Waals surface area (Å²) >= 11 is 1.55. The zero-order valence-corrected chi connectivity index (χ0v) is 15.3. The van der Waals surface area contributed by atoms with Crippen molar-refractivity contribution in [1.29, 1.82) is 0 Å². The van der Waals surface area contributed by atoms with E-state index in [1.165, 1.54) is 6.07 Å². The zero-order chi connectivity index (χ0) is 19.5. The maximum Gasteiger partial charge on any atom is 0.295 e. The number of hydrogen-bond donors (Lipinski definition) is 2. The number of nitrogens with one attached hydrogen (secondary N) is 2. The maximum absolute atomic E-state index is 12.8. The van der Waals surface area contributed by atoms with Crippen molar-refractivity contribution in [2.24, 2.45) is 0 Å². The second-order valence-electron chi connectivity index (χ2n) is 6.02. The quantitative estimate of drug-likeness (QED) is 0.442. The van der Waals surface area contributed by atoms with Crippen LogP contribution in [0.25, 0.3) is 11.0 Å². The van der Waals surface area contributed by atoms with Crippen molar-refractivity contribution in [2.75, 3.05) is 5.32 Å². The van der Waals surface area contributed by atoms with Gasteiger partial charge in [-0.2, -0.15) is 0 Å². The molecule has 28 heavy (non-hydrogen) atoms. The molecule has 4 aromatic rings. The first kappa shape index (κ1) is 18.2. The normalized spacial score (nSPS) is 11.1. The Kier molecular flexibility index (Phi) is 5.08. The molecule has 0 saturated heterocycles. The average molecular weight is 395 g/mol. The van der Waals surface area contributed by atoms with Crippen LogP contribution in [-0.2, 0) is 0 Å². The molecular formula is C21H15F2N3OS. The van der Waals surface area contributed by atoms with E-state index in [1.807, 2.05) is 54.6 Å². The summed E-state index contributed by atoms with van der Waals surface area (Å²) in [5, 5.41) is 2.90. The second kappa shape index (κ2) is 7.82. The molecule has 0 bridgehead atoms. The highest BCUT2D eigenvalue weighted by molar-refractivity contribution is 7.99. The number of nitrogens with zero attached hydrogens (tertiary/aromatic N) is 1. The molecule has 0 aliphatic carbocycles. The molecular weight excluding hydrogens is 380 g/mol. The van der Waals surface area contributed by atoms with Crippen LogP contribution in [0.5, 0.6) is 0 Å². The fourth-order valence-corrected chi connectivity index (χ4v) is 3.67. The molecule has 1 amide bonds. The lowest BCUT2D eigenvalue weighted by molar-refractivity contribution is 0.102. The summed E-state index contributed by atoms with van der Waals surface area (Å²) in [5.41, 5.74) is 1.83. The van der Waals surface area contributed by atoms with Crippen LogP contribution in [0.3, 0.4) is 0 Å². The van der Waals surface area contributed by atoms with Crippen molar-refractivity contribution >= 4 is 34.4 Å². The highest BCUT2D eigenvalue weighted by atomic mass is 32.2. The summed E-state index contributed by atoms with van der Waals surface area (Å²) in [6.45, 7) is 0. The Bertz CT molecular complexity index is 1130. The fourth-order valence-electron chi connectivity index (χ4n) is 2.74. The molecule has 0 fully saturated rings. The summed E-state index contributed by atoms with van der Waals surface area (Å²) in [4.78, 5) is 21.0. The first-order chi connectivity index (χ1) is 13.6. The van der Waals surface area contributed by atoms with Gasteiger partial charge < -0.3 is 10.3 Å². The maximum atomic E-state index is 12.8. The number of amides is 1. The van der Waals surface area contributed by atoms with E-state index in [0.717, 1.165) is 9.79 Å². The minimum atomic E-state index is -2.69. The van der Waals surface area contributed by atoms with E-state index in [-0.39, 0.29) is 5.91 Å². The van der Waals surface area contributed by atoms with Crippen LogP contribution in [-0.4, -0.2) is 15.9 Å². The minimum Gasteiger partial charge on any atom is -0.337 e. The Morgan fingerprint density at radius 1 is 1.00 bits per heavy atom.